The first-order chi connectivity index (χ1) is 10.4. The number of halogens is 1. The third-order valence-electron chi connectivity index (χ3n) is 2.75. The molecule has 2 aromatic rings. The molecular weight excluding hydrogens is 314 g/mol. The molecule has 0 aliphatic heterocycles. The molecule has 0 aromatic heterocycles. The highest BCUT2D eigenvalue weighted by Crippen LogP contribution is 2.28. The van der Waals surface area contributed by atoms with Crippen molar-refractivity contribution < 1.29 is 14.6 Å². The number of nitro groups is 2. The van der Waals surface area contributed by atoms with E-state index in [0.717, 1.165) is 6.07 Å². The lowest BCUT2D eigenvalue weighted by Gasteiger charge is -2.06. The van der Waals surface area contributed by atoms with E-state index in [-0.39, 0.29) is 27.6 Å². The van der Waals surface area contributed by atoms with Gasteiger partial charge in [0.1, 0.15) is 10.6 Å². The van der Waals surface area contributed by atoms with Crippen LogP contribution in [0.15, 0.2) is 42.5 Å². The Hall–Kier alpha value is -3.00. The summed E-state index contributed by atoms with van der Waals surface area (Å²) < 4.78 is 0. The molecule has 112 valence electrons. The van der Waals surface area contributed by atoms with Crippen LogP contribution in [-0.4, -0.2) is 15.8 Å². The molecule has 1 N–H and O–H groups in total. The number of nitro benzene ring substituents is 2. The Bertz CT molecular complexity index is 778. The average molecular weight is 322 g/mol. The molecule has 0 aliphatic rings. The van der Waals surface area contributed by atoms with Crippen LogP contribution in [0.3, 0.4) is 0 Å². The number of nitrogens with zero attached hydrogens (tertiary/aromatic N) is 2. The monoisotopic (exact) mass is 321 g/mol. The Balaban J connectivity index is 2.32. The van der Waals surface area contributed by atoms with Crippen LogP contribution in [0.4, 0.5) is 17.1 Å². The molecule has 2 aromatic carbocycles. The molecule has 0 unspecified atom stereocenters. The second-order valence-electron chi connectivity index (χ2n) is 4.15. The lowest BCUT2D eigenvalue weighted by molar-refractivity contribution is -0.385. The summed E-state index contributed by atoms with van der Waals surface area (Å²) in [6.45, 7) is 0. The normalized spacial score (nSPS) is 10.0. The van der Waals surface area contributed by atoms with Crippen molar-refractivity contribution in [1.82, 2.24) is 0 Å². The molecule has 0 saturated carbocycles. The number of amides is 1. The second-order valence-corrected chi connectivity index (χ2v) is 4.56. The van der Waals surface area contributed by atoms with Gasteiger partial charge in [0, 0.05) is 17.8 Å². The van der Waals surface area contributed by atoms with Gasteiger partial charge in [0.05, 0.1) is 9.85 Å². The molecule has 0 aliphatic carbocycles. The van der Waals surface area contributed by atoms with Crippen molar-refractivity contribution in [2.75, 3.05) is 5.32 Å². The van der Waals surface area contributed by atoms with E-state index in [0.29, 0.717) is 0 Å². The van der Waals surface area contributed by atoms with Crippen molar-refractivity contribution in [3.63, 3.8) is 0 Å². The standard InChI is InChI=1S/C13H8ClN3O5/c14-10-6-5-8(7-12(10)17(21)22)15-13(18)9-3-1-2-4-11(9)16(19)20/h1-7H,(H,15,18). The fourth-order valence-electron chi connectivity index (χ4n) is 1.75. The highest BCUT2D eigenvalue weighted by Gasteiger charge is 2.20. The number of benzene rings is 2. The fraction of sp³-hybridized carbons (Fsp3) is 0. The minimum absolute atomic E-state index is 0.0753. The van der Waals surface area contributed by atoms with Gasteiger partial charge in [0.2, 0.25) is 0 Å². The number of rotatable bonds is 4. The highest BCUT2D eigenvalue weighted by molar-refractivity contribution is 6.32. The number of carbonyl (C=O) groups excluding carboxylic acids is 1. The molecule has 22 heavy (non-hydrogen) atoms. The van der Waals surface area contributed by atoms with E-state index in [4.69, 9.17) is 11.6 Å². The SMILES string of the molecule is O=C(Nc1ccc(Cl)c([N+](=O)[O-])c1)c1ccccc1[N+](=O)[O-]. The molecule has 0 bridgehead atoms. The van der Waals surface area contributed by atoms with Gasteiger partial charge < -0.3 is 5.32 Å². The zero-order valence-corrected chi connectivity index (χ0v) is 11.6. The number of hydrogen-bond acceptors (Lipinski definition) is 5. The minimum atomic E-state index is -0.746. The highest BCUT2D eigenvalue weighted by atomic mass is 35.5. The molecule has 1 amide bonds. The second kappa shape index (κ2) is 6.19. The quantitative estimate of drug-likeness (QED) is 0.684. The van der Waals surface area contributed by atoms with Crippen LogP contribution in [0.1, 0.15) is 10.4 Å². The maximum atomic E-state index is 12.1. The van der Waals surface area contributed by atoms with Gasteiger partial charge in [-0.1, -0.05) is 23.7 Å². The van der Waals surface area contributed by atoms with E-state index in [1.165, 1.54) is 36.4 Å². The van der Waals surface area contributed by atoms with Gasteiger partial charge in [-0.2, -0.15) is 0 Å². The molecule has 0 radical (unpaired) electrons. The van der Waals surface area contributed by atoms with Crippen molar-refractivity contribution >= 4 is 34.6 Å². The zero-order valence-electron chi connectivity index (χ0n) is 10.9. The van der Waals surface area contributed by atoms with Crippen molar-refractivity contribution in [2.45, 2.75) is 0 Å². The summed E-state index contributed by atoms with van der Waals surface area (Å²) in [6, 6.07) is 9.09. The summed E-state index contributed by atoms with van der Waals surface area (Å²) in [7, 11) is 0. The molecule has 0 atom stereocenters. The maximum absolute atomic E-state index is 12.1. The Labute approximate surface area is 128 Å². The van der Waals surface area contributed by atoms with Crippen LogP contribution in [0, 0.1) is 20.2 Å². The van der Waals surface area contributed by atoms with Gasteiger partial charge >= 0.3 is 0 Å². The Morgan fingerprint density at radius 3 is 2.27 bits per heavy atom. The van der Waals surface area contributed by atoms with Crippen molar-refractivity contribution in [1.29, 1.82) is 0 Å². The first kappa shape index (κ1) is 15.4. The first-order valence-electron chi connectivity index (χ1n) is 5.89. The Morgan fingerprint density at radius 1 is 1.00 bits per heavy atom. The number of hydrogen-bond donors (Lipinski definition) is 1. The van der Waals surface area contributed by atoms with Crippen LogP contribution in [0.5, 0.6) is 0 Å². The van der Waals surface area contributed by atoms with E-state index in [9.17, 15) is 25.0 Å². The van der Waals surface area contributed by atoms with Crippen molar-refractivity contribution in [3.8, 4) is 0 Å². The molecule has 2 rings (SSSR count). The zero-order chi connectivity index (χ0) is 16.3. The number of nitrogens with one attached hydrogen (secondary N) is 1. The summed E-state index contributed by atoms with van der Waals surface area (Å²) in [5, 5.41) is 24.0. The average Bonchev–Trinajstić information content (AvgIpc) is 2.48. The van der Waals surface area contributed by atoms with Gasteiger partial charge in [0.25, 0.3) is 17.3 Å². The predicted octanol–water partition coefficient (Wildman–Crippen LogP) is 3.41. The van der Waals surface area contributed by atoms with E-state index in [1.807, 2.05) is 0 Å². The topological polar surface area (TPSA) is 115 Å². The molecular formula is C13H8ClN3O5. The van der Waals surface area contributed by atoms with Gasteiger partial charge in [-0.15, -0.1) is 0 Å². The van der Waals surface area contributed by atoms with E-state index in [2.05, 4.69) is 5.32 Å². The molecule has 0 saturated heterocycles. The van der Waals surface area contributed by atoms with Crippen LogP contribution in [0.25, 0.3) is 0 Å². The third kappa shape index (κ3) is 3.18. The molecule has 0 spiro atoms. The summed E-state index contributed by atoms with van der Waals surface area (Å²) in [6.07, 6.45) is 0. The van der Waals surface area contributed by atoms with Crippen molar-refractivity contribution in [3.05, 3.63) is 73.3 Å². The minimum Gasteiger partial charge on any atom is -0.322 e. The van der Waals surface area contributed by atoms with Gasteiger partial charge in [-0.3, -0.25) is 25.0 Å². The van der Waals surface area contributed by atoms with E-state index >= 15 is 0 Å². The summed E-state index contributed by atoms with van der Waals surface area (Å²) in [5.41, 5.74) is -0.769. The van der Waals surface area contributed by atoms with Gasteiger partial charge in [0.15, 0.2) is 0 Å². The Morgan fingerprint density at radius 2 is 1.64 bits per heavy atom. The number of para-hydroxylation sites is 1. The van der Waals surface area contributed by atoms with Crippen molar-refractivity contribution in [2.24, 2.45) is 0 Å². The van der Waals surface area contributed by atoms with E-state index in [1.54, 1.807) is 0 Å². The van der Waals surface area contributed by atoms with Crippen LogP contribution >= 0.6 is 11.6 Å². The van der Waals surface area contributed by atoms with E-state index < -0.39 is 15.8 Å². The summed E-state index contributed by atoms with van der Waals surface area (Å²) in [5.74, 6) is -0.746. The Kier molecular flexibility index (Phi) is 4.33. The number of anilines is 1. The molecule has 0 heterocycles. The van der Waals surface area contributed by atoms with Gasteiger partial charge in [-0.25, -0.2) is 0 Å². The van der Waals surface area contributed by atoms with Crippen LogP contribution in [-0.2, 0) is 0 Å². The summed E-state index contributed by atoms with van der Waals surface area (Å²) >= 11 is 5.67. The third-order valence-corrected chi connectivity index (χ3v) is 3.07. The van der Waals surface area contributed by atoms with Crippen LogP contribution < -0.4 is 5.32 Å². The first-order valence-corrected chi connectivity index (χ1v) is 6.26. The lowest BCUT2D eigenvalue weighted by Crippen LogP contribution is -2.14. The molecule has 8 nitrogen and oxygen atoms in total. The lowest BCUT2D eigenvalue weighted by atomic mass is 10.1. The smallest absolute Gasteiger partial charge is 0.289 e. The van der Waals surface area contributed by atoms with Crippen LogP contribution in [0.2, 0.25) is 5.02 Å². The largest absolute Gasteiger partial charge is 0.322 e. The number of carbonyl (C=O) groups is 1. The molecule has 0 fully saturated rings. The maximum Gasteiger partial charge on any atom is 0.289 e. The van der Waals surface area contributed by atoms with Gasteiger partial charge in [-0.05, 0) is 18.2 Å². The fourth-order valence-corrected chi connectivity index (χ4v) is 1.94. The molecule has 9 heteroatoms. The predicted molar refractivity (Wildman–Crippen MR) is 79.2 cm³/mol. The summed E-state index contributed by atoms with van der Waals surface area (Å²) in [4.78, 5) is 32.4.